The van der Waals surface area contributed by atoms with E-state index in [1.807, 2.05) is 54.6 Å². The molecule has 0 bridgehead atoms. The molecule has 1 atom stereocenters. The fraction of sp³-hybridized carbons (Fsp3) is 0.348. The summed E-state index contributed by atoms with van der Waals surface area (Å²) >= 11 is 0. The Morgan fingerprint density at radius 3 is 2.45 bits per heavy atom. The van der Waals surface area contributed by atoms with Crippen molar-refractivity contribution in [3.05, 3.63) is 60.2 Å². The minimum Gasteiger partial charge on any atom is -0.444 e. The zero-order valence-corrected chi connectivity index (χ0v) is 18.0. The minimum absolute atomic E-state index is 0.207. The van der Waals surface area contributed by atoms with E-state index in [1.54, 1.807) is 20.8 Å². The predicted octanol–water partition coefficient (Wildman–Crippen LogP) is 3.91. The lowest BCUT2D eigenvalue weighted by Crippen LogP contribution is -2.37. The van der Waals surface area contributed by atoms with Crippen LogP contribution in [0.2, 0.25) is 0 Å². The van der Waals surface area contributed by atoms with E-state index >= 15 is 0 Å². The molecule has 0 spiro atoms. The van der Waals surface area contributed by atoms with Gasteiger partial charge in [0.1, 0.15) is 11.3 Å². The number of ether oxygens (including phenoxy) is 1. The molecule has 0 unspecified atom stereocenters. The Morgan fingerprint density at radius 1 is 1.06 bits per heavy atom. The van der Waals surface area contributed by atoms with Crippen LogP contribution in [0.4, 0.5) is 16.2 Å². The van der Waals surface area contributed by atoms with Gasteiger partial charge in [-0.2, -0.15) is 0 Å². The van der Waals surface area contributed by atoms with Gasteiger partial charge < -0.3 is 25.5 Å². The van der Waals surface area contributed by atoms with Gasteiger partial charge in [0.15, 0.2) is 6.10 Å². The third-order valence-electron chi connectivity index (χ3n) is 4.35. The molecule has 1 aliphatic heterocycles. The van der Waals surface area contributed by atoms with Crippen molar-refractivity contribution >= 4 is 29.1 Å². The van der Waals surface area contributed by atoms with E-state index < -0.39 is 17.8 Å². The Kier molecular flexibility index (Phi) is 7.12. The average molecular weight is 425 g/mol. The molecule has 8 heteroatoms. The molecule has 1 heterocycles. The van der Waals surface area contributed by atoms with Crippen molar-refractivity contribution in [3.8, 4) is 0 Å². The minimum atomic E-state index is -0.574. The van der Waals surface area contributed by atoms with E-state index in [9.17, 15) is 9.59 Å². The smallest absolute Gasteiger partial charge is 0.407 e. The van der Waals surface area contributed by atoms with Gasteiger partial charge in [-0.25, -0.2) is 4.79 Å². The number of oxime groups is 1. The van der Waals surface area contributed by atoms with Crippen molar-refractivity contribution in [1.82, 2.24) is 5.32 Å². The Balaban J connectivity index is 1.41. The highest BCUT2D eigenvalue weighted by Gasteiger charge is 2.27. The monoisotopic (exact) mass is 424 g/mol. The predicted molar refractivity (Wildman–Crippen MR) is 120 cm³/mol. The first kappa shape index (κ1) is 22.1. The number of rotatable bonds is 7. The Morgan fingerprint density at radius 2 is 1.77 bits per heavy atom. The summed E-state index contributed by atoms with van der Waals surface area (Å²) in [5, 5.41) is 12.6. The third-order valence-corrected chi connectivity index (χ3v) is 4.35. The molecule has 2 aromatic rings. The molecular weight excluding hydrogens is 396 g/mol. The molecule has 2 aromatic carbocycles. The molecule has 8 nitrogen and oxygen atoms in total. The van der Waals surface area contributed by atoms with E-state index in [0.717, 1.165) is 11.3 Å². The summed E-state index contributed by atoms with van der Waals surface area (Å²) in [5.41, 5.74) is 2.53. The highest BCUT2D eigenvalue weighted by Crippen LogP contribution is 2.15. The van der Waals surface area contributed by atoms with E-state index in [1.165, 1.54) is 0 Å². The van der Waals surface area contributed by atoms with Gasteiger partial charge in [-0.1, -0.05) is 35.5 Å². The third kappa shape index (κ3) is 7.33. The normalized spacial score (nSPS) is 15.5. The molecule has 3 rings (SSSR count). The SMILES string of the molecule is CC(C)(C)OC(=O)NC[C@@H]1CC(C(=O)Nc2ccc(CNc3ccccc3)cc2)=NO1. The lowest BCUT2D eigenvalue weighted by Gasteiger charge is -2.20. The summed E-state index contributed by atoms with van der Waals surface area (Å²) in [6, 6.07) is 17.5. The molecule has 0 fully saturated rings. The van der Waals surface area contributed by atoms with Gasteiger partial charge in [-0.3, -0.25) is 4.79 Å². The molecule has 1 aliphatic rings. The van der Waals surface area contributed by atoms with Gasteiger partial charge in [0, 0.05) is 24.3 Å². The maximum atomic E-state index is 12.4. The average Bonchev–Trinajstić information content (AvgIpc) is 3.21. The van der Waals surface area contributed by atoms with Crippen LogP contribution in [-0.4, -0.2) is 36.0 Å². The number of nitrogens with zero attached hydrogens (tertiary/aromatic N) is 1. The van der Waals surface area contributed by atoms with E-state index in [2.05, 4.69) is 21.1 Å². The molecule has 0 radical (unpaired) electrons. The van der Waals surface area contributed by atoms with Crippen LogP contribution in [0.1, 0.15) is 32.8 Å². The van der Waals surface area contributed by atoms with Crippen molar-refractivity contribution in [2.45, 2.75) is 45.4 Å². The first-order chi connectivity index (χ1) is 14.8. The number of nitrogens with one attached hydrogen (secondary N) is 3. The van der Waals surface area contributed by atoms with Gasteiger partial charge in [0.2, 0.25) is 0 Å². The van der Waals surface area contributed by atoms with E-state index in [4.69, 9.17) is 9.57 Å². The second-order valence-corrected chi connectivity index (χ2v) is 8.22. The van der Waals surface area contributed by atoms with Crippen molar-refractivity contribution in [1.29, 1.82) is 0 Å². The van der Waals surface area contributed by atoms with Gasteiger partial charge in [0.25, 0.3) is 5.91 Å². The molecule has 3 N–H and O–H groups in total. The maximum Gasteiger partial charge on any atom is 0.407 e. The van der Waals surface area contributed by atoms with E-state index in [-0.39, 0.29) is 18.2 Å². The van der Waals surface area contributed by atoms with Crippen LogP contribution < -0.4 is 16.0 Å². The molecule has 0 saturated carbocycles. The van der Waals surface area contributed by atoms with Crippen LogP contribution in [-0.2, 0) is 20.9 Å². The number of carbonyl (C=O) groups is 2. The number of para-hydroxylation sites is 1. The summed E-state index contributed by atoms with van der Waals surface area (Å²) in [6.45, 7) is 6.26. The molecule has 0 saturated heterocycles. The summed E-state index contributed by atoms with van der Waals surface area (Å²) in [7, 11) is 0. The second-order valence-electron chi connectivity index (χ2n) is 8.22. The Bertz CT molecular complexity index is 921. The zero-order chi connectivity index (χ0) is 22.3. The van der Waals surface area contributed by atoms with Crippen molar-refractivity contribution in [2.24, 2.45) is 5.16 Å². The molecule has 31 heavy (non-hydrogen) atoms. The summed E-state index contributed by atoms with van der Waals surface area (Å²) in [5.74, 6) is -0.324. The van der Waals surface area contributed by atoms with Crippen LogP contribution in [0.25, 0.3) is 0 Å². The topological polar surface area (TPSA) is 101 Å². The highest BCUT2D eigenvalue weighted by molar-refractivity contribution is 6.43. The second kappa shape index (κ2) is 9.97. The molecular formula is C23H28N4O4. The van der Waals surface area contributed by atoms with Crippen LogP contribution in [0, 0.1) is 0 Å². The van der Waals surface area contributed by atoms with Crippen LogP contribution in [0.5, 0.6) is 0 Å². The number of anilines is 2. The lowest BCUT2D eigenvalue weighted by atomic mass is 10.1. The summed E-state index contributed by atoms with van der Waals surface area (Å²) in [6.07, 6.45) is -0.628. The Hall–Kier alpha value is -3.55. The molecule has 0 aromatic heterocycles. The van der Waals surface area contributed by atoms with E-state index in [0.29, 0.717) is 18.7 Å². The van der Waals surface area contributed by atoms with Gasteiger partial charge in [0.05, 0.1) is 6.54 Å². The largest absolute Gasteiger partial charge is 0.444 e. The van der Waals surface area contributed by atoms with Gasteiger partial charge in [-0.15, -0.1) is 0 Å². The molecule has 164 valence electrons. The maximum absolute atomic E-state index is 12.4. The number of amides is 2. The summed E-state index contributed by atoms with van der Waals surface area (Å²) in [4.78, 5) is 29.4. The fourth-order valence-electron chi connectivity index (χ4n) is 2.85. The standard InChI is InChI=1S/C23H28N4O4/c1-23(2,3)30-22(29)25-15-19-13-20(27-31-19)21(28)26-18-11-9-16(10-12-18)14-24-17-7-5-4-6-8-17/h4-12,19,24H,13-15H2,1-3H3,(H,25,29)(H,26,28)/t19-/m0/s1. The molecule has 2 amide bonds. The number of benzene rings is 2. The number of alkyl carbamates (subject to hydrolysis) is 1. The first-order valence-electron chi connectivity index (χ1n) is 10.2. The van der Waals surface area contributed by atoms with Crippen LogP contribution in [0.3, 0.4) is 0 Å². The fourth-order valence-corrected chi connectivity index (χ4v) is 2.85. The zero-order valence-electron chi connectivity index (χ0n) is 18.0. The van der Waals surface area contributed by atoms with Crippen LogP contribution >= 0.6 is 0 Å². The van der Waals surface area contributed by atoms with Crippen molar-refractivity contribution in [3.63, 3.8) is 0 Å². The van der Waals surface area contributed by atoms with Crippen LogP contribution in [0.15, 0.2) is 59.8 Å². The molecule has 0 aliphatic carbocycles. The van der Waals surface area contributed by atoms with Crippen molar-refractivity contribution < 1.29 is 19.2 Å². The number of carbonyl (C=O) groups excluding carboxylic acids is 2. The Labute approximate surface area is 182 Å². The lowest BCUT2D eigenvalue weighted by molar-refractivity contribution is -0.110. The van der Waals surface area contributed by atoms with Gasteiger partial charge in [-0.05, 0) is 50.6 Å². The quantitative estimate of drug-likeness (QED) is 0.626. The number of hydrogen-bond acceptors (Lipinski definition) is 6. The highest BCUT2D eigenvalue weighted by atomic mass is 16.6. The summed E-state index contributed by atoms with van der Waals surface area (Å²) < 4.78 is 5.18. The first-order valence-corrected chi connectivity index (χ1v) is 10.2. The van der Waals surface area contributed by atoms with Crippen molar-refractivity contribution in [2.75, 3.05) is 17.2 Å². The van der Waals surface area contributed by atoms with Gasteiger partial charge >= 0.3 is 6.09 Å². The number of hydrogen-bond donors (Lipinski definition) is 3.